The van der Waals surface area contributed by atoms with E-state index in [0.717, 1.165) is 42.7 Å². The third kappa shape index (κ3) is 3.73. The highest BCUT2D eigenvalue weighted by atomic mass is 17.2. The van der Waals surface area contributed by atoms with Crippen LogP contribution in [0.4, 0.5) is 0 Å². The van der Waals surface area contributed by atoms with Crippen molar-refractivity contribution in [1.29, 1.82) is 5.41 Å². The van der Waals surface area contributed by atoms with E-state index in [1.165, 1.54) is 32.1 Å². The van der Waals surface area contributed by atoms with Gasteiger partial charge in [0.05, 0.1) is 13.2 Å². The fraction of sp³-hybridized carbons (Fsp3) is 0.632. The third-order valence-electron chi connectivity index (χ3n) is 4.75. The monoisotopic (exact) mass is 332 g/mol. The molecule has 2 aliphatic heterocycles. The van der Waals surface area contributed by atoms with E-state index in [2.05, 4.69) is 12.2 Å². The van der Waals surface area contributed by atoms with Crippen molar-refractivity contribution in [2.75, 3.05) is 13.2 Å². The molecule has 2 aliphatic rings. The fourth-order valence-corrected chi connectivity index (χ4v) is 3.40. The number of nitrogens with one attached hydrogen (secondary N) is 2. The van der Waals surface area contributed by atoms with Crippen molar-refractivity contribution in [2.24, 2.45) is 0 Å². The molecule has 0 saturated carbocycles. The second kappa shape index (κ2) is 7.99. The number of hydrogen-bond acceptors (Lipinski definition) is 4. The zero-order valence-corrected chi connectivity index (χ0v) is 14.5. The van der Waals surface area contributed by atoms with Crippen molar-refractivity contribution in [3.8, 4) is 5.75 Å². The van der Waals surface area contributed by atoms with E-state index >= 15 is 0 Å². The summed E-state index contributed by atoms with van der Waals surface area (Å²) in [7, 11) is 0. The minimum absolute atomic E-state index is 0.387. The van der Waals surface area contributed by atoms with Crippen LogP contribution in [-0.4, -0.2) is 19.0 Å². The van der Waals surface area contributed by atoms with Gasteiger partial charge in [-0.15, -0.1) is 0 Å². The molecule has 1 saturated heterocycles. The number of rotatable bonds is 8. The third-order valence-corrected chi connectivity index (χ3v) is 4.75. The number of amidine groups is 1. The van der Waals surface area contributed by atoms with Gasteiger partial charge in [-0.1, -0.05) is 39.0 Å². The molecule has 0 amide bonds. The maximum absolute atomic E-state index is 8.12. The molecule has 2 N–H and O–H groups in total. The zero-order valence-electron chi connectivity index (χ0n) is 14.5. The molecule has 1 atom stereocenters. The Morgan fingerprint density at radius 3 is 2.83 bits per heavy atom. The van der Waals surface area contributed by atoms with Crippen LogP contribution in [0.3, 0.4) is 0 Å². The minimum atomic E-state index is -0.718. The summed E-state index contributed by atoms with van der Waals surface area (Å²) in [6, 6.07) is 5.87. The largest absolute Gasteiger partial charge is 0.494 e. The standard InChI is InChI=1S/C19H28N2O3/c1-2-3-4-5-6-7-12-22-15-9-10-16-17(14-15)19(21-18(16)20)11-8-13-23-24-19/h9-10,14H,2-8,11-13H2,1H3,(H2,20,21). The molecule has 1 aromatic carbocycles. The number of ether oxygens (including phenoxy) is 1. The summed E-state index contributed by atoms with van der Waals surface area (Å²) in [5.74, 6) is 1.23. The molecule has 132 valence electrons. The predicted octanol–water partition coefficient (Wildman–Crippen LogP) is 4.25. The van der Waals surface area contributed by atoms with Gasteiger partial charge in [0.25, 0.3) is 0 Å². The Kier molecular flexibility index (Phi) is 5.74. The molecule has 5 heteroatoms. The molecule has 0 bridgehead atoms. The molecule has 3 rings (SSSR count). The lowest BCUT2D eigenvalue weighted by molar-refractivity contribution is -0.393. The predicted molar refractivity (Wildman–Crippen MR) is 93.2 cm³/mol. The van der Waals surface area contributed by atoms with Crippen molar-refractivity contribution in [2.45, 2.75) is 64.0 Å². The smallest absolute Gasteiger partial charge is 0.200 e. The quantitative estimate of drug-likeness (QED) is 0.552. The number of unbranched alkanes of at least 4 members (excludes halogenated alkanes) is 5. The second-order valence-corrected chi connectivity index (χ2v) is 6.66. The van der Waals surface area contributed by atoms with E-state index in [-0.39, 0.29) is 0 Å². The van der Waals surface area contributed by atoms with Gasteiger partial charge in [-0.25, -0.2) is 9.78 Å². The van der Waals surface area contributed by atoms with E-state index in [1.807, 2.05) is 18.2 Å². The van der Waals surface area contributed by atoms with Crippen molar-refractivity contribution in [3.05, 3.63) is 29.3 Å². The first kappa shape index (κ1) is 17.2. The van der Waals surface area contributed by atoms with E-state index in [1.54, 1.807) is 0 Å². The van der Waals surface area contributed by atoms with E-state index in [4.69, 9.17) is 19.9 Å². The number of fused-ring (bicyclic) bond motifs is 2. The lowest BCUT2D eigenvalue weighted by Gasteiger charge is -2.32. The summed E-state index contributed by atoms with van der Waals surface area (Å²) in [5.41, 5.74) is 1.10. The molecule has 0 radical (unpaired) electrons. The molecule has 1 fully saturated rings. The maximum Gasteiger partial charge on any atom is 0.200 e. The minimum Gasteiger partial charge on any atom is -0.494 e. The van der Waals surface area contributed by atoms with Gasteiger partial charge >= 0.3 is 0 Å². The first-order valence-electron chi connectivity index (χ1n) is 9.20. The zero-order chi connectivity index (χ0) is 16.8. The Labute approximate surface area is 144 Å². The molecular formula is C19H28N2O3. The molecule has 1 unspecified atom stereocenters. The Morgan fingerprint density at radius 2 is 2.04 bits per heavy atom. The van der Waals surface area contributed by atoms with E-state index in [0.29, 0.717) is 12.4 Å². The Morgan fingerprint density at radius 1 is 1.21 bits per heavy atom. The van der Waals surface area contributed by atoms with Crippen LogP contribution in [0.25, 0.3) is 0 Å². The van der Waals surface area contributed by atoms with Crippen molar-refractivity contribution >= 4 is 5.84 Å². The van der Waals surface area contributed by atoms with Gasteiger partial charge in [-0.3, -0.25) is 5.41 Å². The summed E-state index contributed by atoms with van der Waals surface area (Å²) in [5, 5.41) is 11.3. The normalized spacial score (nSPS) is 22.5. The highest BCUT2D eigenvalue weighted by molar-refractivity contribution is 6.01. The Hall–Kier alpha value is -1.59. The maximum atomic E-state index is 8.12. The highest BCUT2D eigenvalue weighted by Crippen LogP contribution is 2.40. The lowest BCUT2D eigenvalue weighted by atomic mass is 9.96. The molecule has 1 aromatic rings. The number of benzene rings is 1. The van der Waals surface area contributed by atoms with E-state index in [9.17, 15) is 0 Å². The van der Waals surface area contributed by atoms with Gasteiger partial charge in [-0.05, 0) is 31.0 Å². The van der Waals surface area contributed by atoms with Crippen LogP contribution in [0.5, 0.6) is 5.75 Å². The average molecular weight is 332 g/mol. The van der Waals surface area contributed by atoms with Crippen LogP contribution < -0.4 is 10.1 Å². The summed E-state index contributed by atoms with van der Waals surface area (Å²) in [6.07, 6.45) is 9.22. The van der Waals surface area contributed by atoms with Crippen LogP contribution in [0.15, 0.2) is 18.2 Å². The average Bonchev–Trinajstić information content (AvgIpc) is 2.86. The van der Waals surface area contributed by atoms with Gasteiger partial charge < -0.3 is 10.1 Å². The first-order chi connectivity index (χ1) is 11.7. The molecular weight excluding hydrogens is 304 g/mol. The lowest BCUT2D eigenvalue weighted by Crippen LogP contribution is -2.44. The molecule has 5 nitrogen and oxygen atoms in total. The van der Waals surface area contributed by atoms with E-state index < -0.39 is 5.72 Å². The summed E-state index contributed by atoms with van der Waals surface area (Å²) in [6.45, 7) is 3.57. The van der Waals surface area contributed by atoms with Gasteiger partial charge in [-0.2, -0.15) is 0 Å². The summed E-state index contributed by atoms with van der Waals surface area (Å²) in [4.78, 5) is 10.7. The molecule has 1 spiro atoms. The number of hydrogen-bond donors (Lipinski definition) is 2. The van der Waals surface area contributed by atoms with Crippen LogP contribution in [0.1, 0.15) is 69.4 Å². The molecule has 2 heterocycles. The highest BCUT2D eigenvalue weighted by Gasteiger charge is 2.45. The van der Waals surface area contributed by atoms with Crippen LogP contribution >= 0.6 is 0 Å². The van der Waals surface area contributed by atoms with Gasteiger partial charge in [0.1, 0.15) is 11.6 Å². The second-order valence-electron chi connectivity index (χ2n) is 6.66. The van der Waals surface area contributed by atoms with Crippen molar-refractivity contribution in [1.82, 2.24) is 5.32 Å². The van der Waals surface area contributed by atoms with Crippen LogP contribution in [0, 0.1) is 5.41 Å². The van der Waals surface area contributed by atoms with Crippen LogP contribution in [-0.2, 0) is 15.5 Å². The fourth-order valence-electron chi connectivity index (χ4n) is 3.40. The summed E-state index contributed by atoms with van der Waals surface area (Å²) >= 11 is 0. The van der Waals surface area contributed by atoms with Gasteiger partial charge in [0.2, 0.25) is 5.72 Å². The molecule has 0 aliphatic carbocycles. The summed E-state index contributed by atoms with van der Waals surface area (Å²) < 4.78 is 5.91. The van der Waals surface area contributed by atoms with Crippen molar-refractivity contribution in [3.63, 3.8) is 0 Å². The van der Waals surface area contributed by atoms with Gasteiger partial charge in [0.15, 0.2) is 0 Å². The van der Waals surface area contributed by atoms with Gasteiger partial charge in [0, 0.05) is 17.5 Å². The van der Waals surface area contributed by atoms with Crippen LogP contribution in [0.2, 0.25) is 0 Å². The molecule has 24 heavy (non-hydrogen) atoms. The Balaban J connectivity index is 1.57. The first-order valence-corrected chi connectivity index (χ1v) is 9.20. The molecule has 0 aromatic heterocycles. The topological polar surface area (TPSA) is 63.6 Å². The van der Waals surface area contributed by atoms with Crippen molar-refractivity contribution < 1.29 is 14.5 Å². The SMILES string of the molecule is CCCCCCCCOc1ccc2c(c1)C1(CCCOO1)NC2=N. The Bertz CT molecular complexity index is 568.